The van der Waals surface area contributed by atoms with E-state index in [0.717, 1.165) is 24.8 Å². The molecule has 0 aliphatic heterocycles. The summed E-state index contributed by atoms with van der Waals surface area (Å²) < 4.78 is 0. The number of thiophene rings is 1. The van der Waals surface area contributed by atoms with E-state index in [2.05, 4.69) is 38.1 Å². The molecule has 0 unspecified atom stereocenters. The summed E-state index contributed by atoms with van der Waals surface area (Å²) in [4.78, 5) is 0. The third-order valence-corrected chi connectivity index (χ3v) is 2.95. The zero-order valence-corrected chi connectivity index (χ0v) is 9.46. The highest BCUT2D eigenvalue weighted by atomic mass is 79.9. The molecule has 68 valence electrons. The van der Waals surface area contributed by atoms with Crippen molar-refractivity contribution in [1.29, 1.82) is 0 Å². The van der Waals surface area contributed by atoms with Gasteiger partial charge in [-0.1, -0.05) is 15.9 Å². The second-order valence-electron chi connectivity index (χ2n) is 2.67. The lowest BCUT2D eigenvalue weighted by molar-refractivity contribution is 0.676. The fourth-order valence-electron chi connectivity index (χ4n) is 0.984. The van der Waals surface area contributed by atoms with Crippen molar-refractivity contribution in [2.75, 3.05) is 18.4 Å². The Bertz CT molecular complexity index is 186. The molecule has 0 aliphatic rings. The Morgan fingerprint density at radius 2 is 2.33 bits per heavy atom. The van der Waals surface area contributed by atoms with Crippen molar-refractivity contribution in [3.63, 3.8) is 0 Å². The molecule has 1 aromatic rings. The van der Waals surface area contributed by atoms with Gasteiger partial charge in [-0.15, -0.1) is 0 Å². The maximum absolute atomic E-state index is 3.40. The number of nitrogens with one attached hydrogen (secondary N) is 1. The van der Waals surface area contributed by atoms with Crippen molar-refractivity contribution in [1.82, 2.24) is 5.32 Å². The van der Waals surface area contributed by atoms with Gasteiger partial charge in [-0.05, 0) is 48.3 Å². The smallest absolute Gasteiger partial charge is 0.00433 e. The predicted molar refractivity (Wildman–Crippen MR) is 59.3 cm³/mol. The number of halogens is 1. The van der Waals surface area contributed by atoms with E-state index in [9.17, 15) is 0 Å². The molecular weight excluding hydrogens is 234 g/mol. The molecule has 0 amide bonds. The summed E-state index contributed by atoms with van der Waals surface area (Å²) in [6.45, 7) is 2.22. The zero-order chi connectivity index (χ0) is 8.65. The highest BCUT2D eigenvalue weighted by Gasteiger charge is 1.91. The topological polar surface area (TPSA) is 12.0 Å². The van der Waals surface area contributed by atoms with E-state index in [0.29, 0.717) is 0 Å². The Morgan fingerprint density at radius 1 is 1.42 bits per heavy atom. The van der Waals surface area contributed by atoms with Gasteiger partial charge in [0.25, 0.3) is 0 Å². The van der Waals surface area contributed by atoms with Crippen LogP contribution in [0.1, 0.15) is 12.0 Å². The van der Waals surface area contributed by atoms with Crippen LogP contribution in [0, 0.1) is 0 Å². The Labute approximate surface area is 86.3 Å². The molecule has 0 radical (unpaired) electrons. The van der Waals surface area contributed by atoms with Gasteiger partial charge in [0, 0.05) is 5.33 Å². The second-order valence-corrected chi connectivity index (χ2v) is 4.25. The van der Waals surface area contributed by atoms with Crippen LogP contribution in [0.25, 0.3) is 0 Å². The van der Waals surface area contributed by atoms with Crippen molar-refractivity contribution in [2.24, 2.45) is 0 Å². The minimum Gasteiger partial charge on any atom is -0.316 e. The van der Waals surface area contributed by atoms with E-state index < -0.39 is 0 Å². The van der Waals surface area contributed by atoms with Gasteiger partial charge >= 0.3 is 0 Å². The first-order valence-electron chi connectivity index (χ1n) is 4.21. The van der Waals surface area contributed by atoms with Crippen molar-refractivity contribution in [3.05, 3.63) is 22.4 Å². The van der Waals surface area contributed by atoms with E-state index in [-0.39, 0.29) is 0 Å². The summed E-state index contributed by atoms with van der Waals surface area (Å²) in [5.41, 5.74) is 1.45. The molecule has 3 heteroatoms. The molecule has 1 nitrogen and oxygen atoms in total. The molecule has 12 heavy (non-hydrogen) atoms. The van der Waals surface area contributed by atoms with Crippen LogP contribution in [0.15, 0.2) is 16.8 Å². The van der Waals surface area contributed by atoms with Gasteiger partial charge in [-0.25, -0.2) is 0 Å². The summed E-state index contributed by atoms with van der Waals surface area (Å²) >= 11 is 5.17. The molecule has 0 aromatic carbocycles. The number of alkyl halides is 1. The molecule has 0 bridgehead atoms. The summed E-state index contributed by atoms with van der Waals surface area (Å²) in [5.74, 6) is 0. The lowest BCUT2D eigenvalue weighted by Gasteiger charge is -2.00. The van der Waals surface area contributed by atoms with Crippen molar-refractivity contribution < 1.29 is 0 Å². The van der Waals surface area contributed by atoms with Gasteiger partial charge in [0.1, 0.15) is 0 Å². The largest absolute Gasteiger partial charge is 0.316 e. The third-order valence-electron chi connectivity index (χ3n) is 1.66. The lowest BCUT2D eigenvalue weighted by atomic mass is 10.2. The number of hydrogen-bond donors (Lipinski definition) is 1. The van der Waals surface area contributed by atoms with Crippen LogP contribution in [0.5, 0.6) is 0 Å². The highest BCUT2D eigenvalue weighted by Crippen LogP contribution is 2.05. The molecule has 0 fully saturated rings. The van der Waals surface area contributed by atoms with Gasteiger partial charge in [-0.3, -0.25) is 0 Å². The van der Waals surface area contributed by atoms with E-state index in [1.807, 2.05) is 0 Å². The summed E-state index contributed by atoms with van der Waals surface area (Å²) in [7, 11) is 0. The molecule has 1 heterocycles. The first kappa shape index (κ1) is 10.2. The molecule has 1 N–H and O–H groups in total. The molecule has 0 aliphatic carbocycles. The molecule has 0 spiro atoms. The van der Waals surface area contributed by atoms with E-state index in [1.165, 1.54) is 12.0 Å². The highest BCUT2D eigenvalue weighted by molar-refractivity contribution is 9.09. The van der Waals surface area contributed by atoms with Gasteiger partial charge in [0.05, 0.1) is 0 Å². The van der Waals surface area contributed by atoms with Crippen LogP contribution in [0.4, 0.5) is 0 Å². The maximum Gasteiger partial charge on any atom is 0.00433 e. The zero-order valence-electron chi connectivity index (χ0n) is 7.05. The monoisotopic (exact) mass is 247 g/mol. The van der Waals surface area contributed by atoms with E-state index in [1.54, 1.807) is 11.3 Å². The van der Waals surface area contributed by atoms with Crippen LogP contribution in [0.3, 0.4) is 0 Å². The SMILES string of the molecule is BrCCCNCCc1ccsc1. The standard InChI is InChI=1S/C9H14BrNS/c10-4-1-5-11-6-2-9-3-7-12-8-9/h3,7-8,11H,1-2,4-6H2. The Balaban J connectivity index is 1.96. The minimum absolute atomic E-state index is 1.10. The van der Waals surface area contributed by atoms with Crippen LogP contribution in [-0.2, 0) is 6.42 Å². The Kier molecular flexibility index (Phi) is 5.65. The number of hydrogen-bond acceptors (Lipinski definition) is 2. The first-order chi connectivity index (χ1) is 5.93. The lowest BCUT2D eigenvalue weighted by Crippen LogP contribution is -2.18. The molecule has 0 saturated carbocycles. The third kappa shape index (κ3) is 4.24. The summed E-state index contributed by atoms with van der Waals surface area (Å²) in [5, 5.41) is 8.84. The second kappa shape index (κ2) is 6.63. The summed E-state index contributed by atoms with van der Waals surface area (Å²) in [6.07, 6.45) is 2.37. The van der Waals surface area contributed by atoms with Crippen molar-refractivity contribution in [3.8, 4) is 0 Å². The predicted octanol–water partition coefficient (Wildman–Crippen LogP) is 2.67. The number of rotatable bonds is 6. The molecule has 0 saturated heterocycles. The van der Waals surface area contributed by atoms with Gasteiger partial charge in [0.2, 0.25) is 0 Å². The average Bonchev–Trinajstić information content (AvgIpc) is 2.57. The van der Waals surface area contributed by atoms with Gasteiger partial charge in [-0.2, -0.15) is 11.3 Å². The van der Waals surface area contributed by atoms with Gasteiger partial charge in [0.15, 0.2) is 0 Å². The van der Waals surface area contributed by atoms with Crippen LogP contribution < -0.4 is 5.32 Å². The summed E-state index contributed by atoms with van der Waals surface area (Å²) in [6, 6.07) is 2.19. The average molecular weight is 248 g/mol. The van der Waals surface area contributed by atoms with Crippen molar-refractivity contribution in [2.45, 2.75) is 12.8 Å². The molecule has 0 atom stereocenters. The normalized spacial score (nSPS) is 10.4. The molecular formula is C9H14BrNS. The Morgan fingerprint density at radius 3 is 3.00 bits per heavy atom. The maximum atomic E-state index is 3.40. The minimum atomic E-state index is 1.10. The van der Waals surface area contributed by atoms with Crippen molar-refractivity contribution >= 4 is 27.3 Å². The fraction of sp³-hybridized carbons (Fsp3) is 0.556. The van der Waals surface area contributed by atoms with Crippen LogP contribution >= 0.6 is 27.3 Å². The first-order valence-corrected chi connectivity index (χ1v) is 6.27. The van der Waals surface area contributed by atoms with Gasteiger partial charge < -0.3 is 5.32 Å². The molecule has 1 rings (SSSR count). The molecule has 1 aromatic heterocycles. The Hall–Kier alpha value is 0.140. The quantitative estimate of drug-likeness (QED) is 0.603. The fourth-order valence-corrected chi connectivity index (χ4v) is 1.97. The van der Waals surface area contributed by atoms with Crippen LogP contribution in [0.2, 0.25) is 0 Å². The van der Waals surface area contributed by atoms with E-state index >= 15 is 0 Å². The van der Waals surface area contributed by atoms with E-state index in [4.69, 9.17) is 0 Å². The van der Waals surface area contributed by atoms with Crippen LogP contribution in [-0.4, -0.2) is 18.4 Å².